The molecule has 1 aromatic carbocycles. The molecule has 156 valence electrons. The lowest BCUT2D eigenvalue weighted by molar-refractivity contribution is 0.0553. The van der Waals surface area contributed by atoms with Crippen LogP contribution in [0.4, 0.5) is 10.1 Å². The Morgan fingerprint density at radius 3 is 2.62 bits per heavy atom. The van der Waals surface area contributed by atoms with Crippen molar-refractivity contribution in [3.05, 3.63) is 34.3 Å². The summed E-state index contributed by atoms with van der Waals surface area (Å²) in [5.74, 6) is 0.792. The molecule has 0 bridgehead atoms. The highest BCUT2D eigenvalue weighted by molar-refractivity contribution is 9.10. The van der Waals surface area contributed by atoms with E-state index in [1.807, 2.05) is 11.0 Å². The van der Waals surface area contributed by atoms with E-state index in [1.54, 1.807) is 31.5 Å². The lowest BCUT2D eigenvalue weighted by Crippen LogP contribution is -2.42. The molecule has 0 saturated carbocycles. The summed E-state index contributed by atoms with van der Waals surface area (Å²) in [5.41, 5.74) is -1.28. The Morgan fingerprint density at radius 2 is 2.07 bits per heavy atom. The zero-order valence-corrected chi connectivity index (χ0v) is 18.4. The highest BCUT2D eigenvalue weighted by Crippen LogP contribution is 2.41. The van der Waals surface area contributed by atoms with Gasteiger partial charge in [0, 0.05) is 43.9 Å². The topological polar surface area (TPSA) is 87.2 Å². The number of hydrogen-bond donors (Lipinski definition) is 1. The van der Waals surface area contributed by atoms with Crippen molar-refractivity contribution in [2.45, 2.75) is 44.4 Å². The maximum absolute atomic E-state index is 15.5. The van der Waals surface area contributed by atoms with E-state index in [2.05, 4.69) is 32.2 Å². The summed E-state index contributed by atoms with van der Waals surface area (Å²) in [6.07, 6.45) is 2.44. The van der Waals surface area contributed by atoms with Gasteiger partial charge in [-0.15, -0.1) is 10.2 Å². The van der Waals surface area contributed by atoms with Gasteiger partial charge in [-0.3, -0.25) is 0 Å². The number of nitriles is 1. The van der Waals surface area contributed by atoms with Crippen LogP contribution in [0.3, 0.4) is 0 Å². The Hall–Kier alpha value is -2.18. The quantitative estimate of drug-likeness (QED) is 0.702. The third kappa shape index (κ3) is 4.70. The minimum Gasteiger partial charge on any atom is -0.492 e. The molecule has 2 heterocycles. The van der Waals surface area contributed by atoms with E-state index in [9.17, 15) is 10.4 Å². The van der Waals surface area contributed by atoms with E-state index in [1.165, 1.54) is 6.33 Å². The molecule has 0 unspecified atom stereocenters. The van der Waals surface area contributed by atoms with E-state index in [-0.39, 0.29) is 12.8 Å². The molecular formula is C20H25BrFN5O2. The van der Waals surface area contributed by atoms with Crippen molar-refractivity contribution in [1.82, 2.24) is 14.8 Å². The average Bonchev–Trinajstić information content (AvgIpc) is 3.09. The lowest BCUT2D eigenvalue weighted by Gasteiger charge is -2.37. The molecule has 9 heteroatoms. The molecule has 7 nitrogen and oxygen atoms in total. The van der Waals surface area contributed by atoms with Gasteiger partial charge in [0.25, 0.3) is 0 Å². The van der Waals surface area contributed by atoms with Crippen molar-refractivity contribution in [3.63, 3.8) is 0 Å². The number of aromatic nitrogens is 3. The van der Waals surface area contributed by atoms with Gasteiger partial charge in [-0.1, -0.05) is 0 Å². The fraction of sp³-hybridized carbons (Fsp3) is 0.550. The van der Waals surface area contributed by atoms with Gasteiger partial charge < -0.3 is 19.3 Å². The Morgan fingerprint density at radius 1 is 1.38 bits per heavy atom. The fourth-order valence-electron chi connectivity index (χ4n) is 3.49. The number of hydrogen-bond acceptors (Lipinski definition) is 6. The smallest absolute Gasteiger partial charge is 0.173 e. The number of anilines is 1. The summed E-state index contributed by atoms with van der Waals surface area (Å²) in [4.78, 5) is 2.00. The van der Waals surface area contributed by atoms with Crippen molar-refractivity contribution in [1.29, 1.82) is 5.26 Å². The maximum atomic E-state index is 15.5. The van der Waals surface area contributed by atoms with E-state index >= 15 is 4.39 Å². The molecule has 3 rings (SSSR count). The molecule has 2 aromatic rings. The van der Waals surface area contributed by atoms with Crippen molar-refractivity contribution in [3.8, 4) is 11.8 Å². The zero-order valence-electron chi connectivity index (χ0n) is 16.8. The number of ether oxygens (including phenoxy) is 1. The molecule has 0 radical (unpaired) electrons. The van der Waals surface area contributed by atoms with Crippen LogP contribution in [0.15, 0.2) is 22.9 Å². The van der Waals surface area contributed by atoms with Gasteiger partial charge in [0.05, 0.1) is 17.9 Å². The number of piperidine rings is 1. The van der Waals surface area contributed by atoms with Crippen molar-refractivity contribution in [2.24, 2.45) is 7.05 Å². The molecule has 1 saturated heterocycles. The van der Waals surface area contributed by atoms with Crippen LogP contribution in [0.5, 0.6) is 5.75 Å². The monoisotopic (exact) mass is 465 g/mol. The molecule has 1 aromatic heterocycles. The number of nitrogens with zero attached hydrogens (tertiary/aromatic N) is 5. The average molecular weight is 466 g/mol. The van der Waals surface area contributed by atoms with Crippen LogP contribution < -0.4 is 9.64 Å². The summed E-state index contributed by atoms with van der Waals surface area (Å²) in [5, 5.41) is 27.4. The van der Waals surface area contributed by atoms with E-state index in [0.717, 1.165) is 4.47 Å². The summed E-state index contributed by atoms with van der Waals surface area (Å²) in [7, 11) is 1.74. The van der Waals surface area contributed by atoms with Gasteiger partial charge in [0.15, 0.2) is 11.5 Å². The van der Waals surface area contributed by atoms with Gasteiger partial charge in [0.2, 0.25) is 0 Å². The normalized spacial score (nSPS) is 16.5. The number of rotatable bonds is 6. The first-order chi connectivity index (χ1) is 13.6. The zero-order chi connectivity index (χ0) is 21.2. The van der Waals surface area contributed by atoms with Crippen LogP contribution >= 0.6 is 15.9 Å². The lowest BCUT2D eigenvalue weighted by atomic mass is 9.91. The Kier molecular flexibility index (Phi) is 6.15. The van der Waals surface area contributed by atoms with Gasteiger partial charge in [-0.2, -0.15) is 5.26 Å². The van der Waals surface area contributed by atoms with Crippen molar-refractivity contribution < 1.29 is 14.2 Å². The Labute approximate surface area is 178 Å². The first kappa shape index (κ1) is 21.5. The molecule has 1 N–H and O–H groups in total. The largest absolute Gasteiger partial charge is 0.492 e. The predicted octanol–water partition coefficient (Wildman–Crippen LogP) is 3.45. The molecule has 1 aliphatic rings. The molecule has 1 aliphatic heterocycles. The van der Waals surface area contributed by atoms with Crippen LogP contribution in [0, 0.1) is 11.3 Å². The number of halogens is 2. The highest BCUT2D eigenvalue weighted by atomic mass is 79.9. The first-order valence-electron chi connectivity index (χ1n) is 9.51. The van der Waals surface area contributed by atoms with E-state index in [4.69, 9.17) is 4.74 Å². The third-order valence-electron chi connectivity index (χ3n) is 5.16. The standard InChI is InChI=1S/C20H25BrFN5O2/c1-19(2,28)8-11-29-16-5-4-15(21)17(14(16)12-23)27-9-6-20(22,7-10-27)18-25-24-13-26(18)3/h4-5,13,28H,6-11H2,1-3H3. The van der Waals surface area contributed by atoms with Crippen LogP contribution in [0.2, 0.25) is 0 Å². The molecule has 0 amide bonds. The Bertz CT molecular complexity index is 911. The Balaban J connectivity index is 1.80. The second kappa shape index (κ2) is 8.28. The summed E-state index contributed by atoms with van der Waals surface area (Å²) in [6, 6.07) is 5.79. The fourth-order valence-corrected chi connectivity index (χ4v) is 4.07. The number of benzene rings is 1. The predicted molar refractivity (Wildman–Crippen MR) is 111 cm³/mol. The van der Waals surface area contributed by atoms with Crippen LogP contribution in [-0.4, -0.2) is 45.2 Å². The molecule has 29 heavy (non-hydrogen) atoms. The molecule has 0 atom stereocenters. The van der Waals surface area contributed by atoms with E-state index < -0.39 is 11.3 Å². The molecule has 0 spiro atoms. The number of alkyl halides is 1. The van der Waals surface area contributed by atoms with Crippen LogP contribution in [0.1, 0.15) is 44.5 Å². The van der Waals surface area contributed by atoms with E-state index in [0.29, 0.717) is 48.9 Å². The van der Waals surface area contributed by atoms with Gasteiger partial charge in [-0.25, -0.2) is 4.39 Å². The van der Waals surface area contributed by atoms with Crippen molar-refractivity contribution >= 4 is 21.6 Å². The first-order valence-corrected chi connectivity index (χ1v) is 10.3. The van der Waals surface area contributed by atoms with Crippen LogP contribution in [-0.2, 0) is 12.7 Å². The molecule has 1 fully saturated rings. The summed E-state index contributed by atoms with van der Waals surface area (Å²) < 4.78 is 23.6. The van der Waals surface area contributed by atoms with Crippen LogP contribution in [0.25, 0.3) is 0 Å². The van der Waals surface area contributed by atoms with Gasteiger partial charge in [-0.05, 0) is 41.9 Å². The maximum Gasteiger partial charge on any atom is 0.173 e. The second-order valence-electron chi connectivity index (χ2n) is 8.01. The third-order valence-corrected chi connectivity index (χ3v) is 5.80. The minimum absolute atomic E-state index is 0.251. The SMILES string of the molecule is Cn1cnnc1C1(F)CCN(c2c(Br)ccc(OCCC(C)(C)O)c2C#N)CC1. The minimum atomic E-state index is -1.54. The van der Waals surface area contributed by atoms with Gasteiger partial charge >= 0.3 is 0 Å². The highest BCUT2D eigenvalue weighted by Gasteiger charge is 2.41. The number of aliphatic hydroxyl groups is 1. The number of aryl methyl sites for hydroxylation is 1. The summed E-state index contributed by atoms with van der Waals surface area (Å²) >= 11 is 3.53. The second-order valence-corrected chi connectivity index (χ2v) is 8.86. The molecule has 0 aliphatic carbocycles. The molecular weight excluding hydrogens is 441 g/mol. The summed E-state index contributed by atoms with van der Waals surface area (Å²) in [6.45, 7) is 4.58. The van der Waals surface area contributed by atoms with Gasteiger partial charge in [0.1, 0.15) is 23.7 Å². The van der Waals surface area contributed by atoms with Crippen molar-refractivity contribution in [2.75, 3.05) is 24.6 Å².